The zero-order chi connectivity index (χ0) is 26.2. The van der Waals surface area contributed by atoms with Crippen LogP contribution in [0.3, 0.4) is 0 Å². The Hall–Kier alpha value is -4.65. The maximum atomic E-state index is 11.1. The van der Waals surface area contributed by atoms with Crippen LogP contribution in [0.2, 0.25) is 0 Å². The molecule has 3 aromatic carbocycles. The average molecular weight is 497 g/mol. The Labute approximate surface area is 215 Å². The maximum absolute atomic E-state index is 11.1. The molecule has 4 rings (SSSR count). The van der Waals surface area contributed by atoms with E-state index in [9.17, 15) is 9.59 Å². The van der Waals surface area contributed by atoms with Gasteiger partial charge in [0.2, 0.25) is 0 Å². The van der Waals surface area contributed by atoms with Gasteiger partial charge >= 0.3 is 11.9 Å². The number of carbonyl (C=O) groups is 2. The molecule has 0 atom stereocenters. The van der Waals surface area contributed by atoms with Crippen molar-refractivity contribution >= 4 is 24.1 Å². The number of imidazole rings is 1. The van der Waals surface area contributed by atoms with Crippen LogP contribution >= 0.6 is 0 Å². The number of carboxylic acids is 2. The van der Waals surface area contributed by atoms with E-state index in [1.54, 1.807) is 24.3 Å². The molecule has 7 nitrogen and oxygen atoms in total. The van der Waals surface area contributed by atoms with Crippen molar-refractivity contribution < 1.29 is 24.5 Å². The highest BCUT2D eigenvalue weighted by Crippen LogP contribution is 2.24. The number of aryl methyl sites for hydroxylation is 1. The van der Waals surface area contributed by atoms with Crippen LogP contribution in [0.25, 0.3) is 34.5 Å². The van der Waals surface area contributed by atoms with E-state index in [-0.39, 0.29) is 12.0 Å². The smallest absolute Gasteiger partial charge is 0.335 e. The number of ether oxygens (including phenoxy) is 1. The third-order valence-corrected chi connectivity index (χ3v) is 5.90. The summed E-state index contributed by atoms with van der Waals surface area (Å²) in [6.45, 7) is 3.19. The van der Waals surface area contributed by atoms with Gasteiger partial charge in [-0.3, -0.25) is 4.79 Å². The highest BCUT2D eigenvalue weighted by Gasteiger charge is 2.09. The zero-order valence-electron chi connectivity index (χ0n) is 20.5. The van der Waals surface area contributed by atoms with Crippen molar-refractivity contribution in [3.8, 4) is 28.1 Å². The largest absolute Gasteiger partial charge is 0.494 e. The van der Waals surface area contributed by atoms with Crippen LogP contribution in [0.1, 0.15) is 41.5 Å². The van der Waals surface area contributed by atoms with Gasteiger partial charge in [0.05, 0.1) is 17.9 Å². The normalized spacial score (nSPS) is 11.1. The molecule has 1 aromatic heterocycles. The lowest BCUT2D eigenvalue weighted by atomic mass is 10.0. The predicted molar refractivity (Wildman–Crippen MR) is 143 cm³/mol. The summed E-state index contributed by atoms with van der Waals surface area (Å²) in [7, 11) is 0. The first kappa shape index (κ1) is 25.4. The molecule has 0 fully saturated rings. The van der Waals surface area contributed by atoms with Crippen molar-refractivity contribution in [2.45, 2.75) is 26.3 Å². The van der Waals surface area contributed by atoms with Gasteiger partial charge in [-0.25, -0.2) is 9.78 Å². The maximum Gasteiger partial charge on any atom is 0.335 e. The summed E-state index contributed by atoms with van der Waals surface area (Å²) in [5, 5.41) is 17.8. The van der Waals surface area contributed by atoms with Crippen molar-refractivity contribution in [1.82, 2.24) is 9.55 Å². The highest BCUT2D eigenvalue weighted by molar-refractivity contribution is 5.88. The number of aromatic carboxylic acids is 1. The number of carboxylic acid groups (broad SMARTS) is 2. The lowest BCUT2D eigenvalue weighted by Crippen LogP contribution is -2.01. The number of benzene rings is 3. The van der Waals surface area contributed by atoms with E-state index in [1.165, 1.54) is 0 Å². The molecule has 37 heavy (non-hydrogen) atoms. The van der Waals surface area contributed by atoms with Gasteiger partial charge < -0.3 is 19.5 Å². The summed E-state index contributed by atoms with van der Waals surface area (Å²) in [6, 6.07) is 22.7. The molecule has 0 radical (unpaired) electrons. The molecule has 0 unspecified atom stereocenters. The summed E-state index contributed by atoms with van der Waals surface area (Å²) < 4.78 is 7.65. The molecule has 188 valence electrons. The van der Waals surface area contributed by atoms with Crippen LogP contribution in [-0.4, -0.2) is 38.3 Å². The van der Waals surface area contributed by atoms with Crippen LogP contribution in [0.15, 0.2) is 79.0 Å². The third kappa shape index (κ3) is 6.73. The molecule has 0 amide bonds. The van der Waals surface area contributed by atoms with Crippen LogP contribution in [0.4, 0.5) is 0 Å². The quantitative estimate of drug-likeness (QED) is 0.235. The molecule has 4 aromatic rings. The fourth-order valence-corrected chi connectivity index (χ4v) is 3.85. The van der Waals surface area contributed by atoms with Gasteiger partial charge in [-0.2, -0.15) is 0 Å². The second-order valence-corrected chi connectivity index (χ2v) is 8.48. The Balaban J connectivity index is 1.41. The van der Waals surface area contributed by atoms with Gasteiger partial charge in [0.1, 0.15) is 11.6 Å². The topological polar surface area (TPSA) is 102 Å². The third-order valence-electron chi connectivity index (χ3n) is 5.90. The molecule has 0 saturated heterocycles. The first-order valence-corrected chi connectivity index (χ1v) is 12.1. The van der Waals surface area contributed by atoms with Crippen molar-refractivity contribution in [1.29, 1.82) is 0 Å². The number of nitrogens with zero attached hydrogens (tertiary/aromatic N) is 2. The first-order valence-electron chi connectivity index (χ1n) is 12.1. The number of aliphatic carboxylic acids is 1. The second kappa shape index (κ2) is 11.9. The molecular weight excluding hydrogens is 468 g/mol. The fraction of sp³-hybridized carbons (Fsp3) is 0.167. The van der Waals surface area contributed by atoms with Crippen molar-refractivity contribution in [2.24, 2.45) is 0 Å². The molecule has 1 heterocycles. The first-order chi connectivity index (χ1) is 17.9. The molecule has 0 aliphatic carbocycles. The van der Waals surface area contributed by atoms with Gasteiger partial charge in [-0.1, -0.05) is 54.6 Å². The molecule has 7 heteroatoms. The lowest BCUT2D eigenvalue weighted by molar-refractivity contribution is -0.137. The van der Waals surface area contributed by atoms with Crippen LogP contribution in [0, 0.1) is 0 Å². The Morgan fingerprint density at radius 3 is 2.08 bits per heavy atom. The minimum Gasteiger partial charge on any atom is -0.494 e. The van der Waals surface area contributed by atoms with Crippen molar-refractivity contribution in [3.63, 3.8) is 0 Å². The summed E-state index contributed by atoms with van der Waals surface area (Å²) in [5.74, 6) is -0.223. The summed E-state index contributed by atoms with van der Waals surface area (Å²) >= 11 is 0. The van der Waals surface area contributed by atoms with Crippen LogP contribution < -0.4 is 4.74 Å². The summed E-state index contributed by atoms with van der Waals surface area (Å²) in [4.78, 5) is 26.4. The number of rotatable bonds is 11. The van der Waals surface area contributed by atoms with E-state index in [0.717, 1.165) is 46.1 Å². The molecule has 2 N–H and O–H groups in total. The van der Waals surface area contributed by atoms with Gasteiger partial charge in [-0.15, -0.1) is 0 Å². The van der Waals surface area contributed by atoms with E-state index >= 15 is 0 Å². The van der Waals surface area contributed by atoms with Gasteiger partial charge in [0.25, 0.3) is 0 Å². The van der Waals surface area contributed by atoms with Gasteiger partial charge in [0, 0.05) is 24.7 Å². The molecule has 0 spiro atoms. The number of hydrogen-bond acceptors (Lipinski definition) is 4. The van der Waals surface area contributed by atoms with Gasteiger partial charge in [0.15, 0.2) is 0 Å². The van der Waals surface area contributed by atoms with Crippen molar-refractivity contribution in [3.05, 3.63) is 95.9 Å². The van der Waals surface area contributed by atoms with Gasteiger partial charge in [-0.05, 0) is 60.4 Å². The fourth-order valence-electron chi connectivity index (χ4n) is 3.85. The van der Waals surface area contributed by atoms with Crippen molar-refractivity contribution in [2.75, 3.05) is 6.61 Å². The Kier molecular flexibility index (Phi) is 8.15. The second-order valence-electron chi connectivity index (χ2n) is 8.48. The minimum atomic E-state index is -0.948. The van der Waals surface area contributed by atoms with E-state index in [4.69, 9.17) is 19.9 Å². The number of aromatic nitrogens is 2. The predicted octanol–water partition coefficient (Wildman–Crippen LogP) is 6.35. The summed E-state index contributed by atoms with van der Waals surface area (Å²) in [6.07, 6.45) is 6.54. The van der Waals surface area contributed by atoms with E-state index in [1.807, 2.05) is 54.7 Å². The van der Waals surface area contributed by atoms with E-state index in [0.29, 0.717) is 13.0 Å². The molecule has 0 aliphatic rings. The van der Waals surface area contributed by atoms with Crippen LogP contribution in [-0.2, 0) is 11.3 Å². The average Bonchev–Trinajstić information content (AvgIpc) is 3.34. The van der Waals surface area contributed by atoms with Crippen LogP contribution in [0.5, 0.6) is 5.75 Å². The zero-order valence-corrected chi connectivity index (χ0v) is 20.5. The lowest BCUT2D eigenvalue weighted by Gasteiger charge is -2.07. The number of hydrogen-bond donors (Lipinski definition) is 2. The van der Waals surface area contributed by atoms with E-state index in [2.05, 4.69) is 23.6 Å². The minimum absolute atomic E-state index is 0.1000. The molecular formula is C30H28N2O5. The summed E-state index contributed by atoms with van der Waals surface area (Å²) in [5.41, 5.74) is 5.10. The molecule has 0 aliphatic heterocycles. The molecule has 0 bridgehead atoms. The Morgan fingerprint density at radius 1 is 0.865 bits per heavy atom. The highest BCUT2D eigenvalue weighted by atomic mass is 16.5. The Bertz CT molecular complexity index is 1390. The molecule has 0 saturated carbocycles. The SMILES string of the molecule is CCn1cc(-c2ccc(C(=O)O)cc2)nc1C=Cc1ccc(-c2ccc(OCCCC(=O)O)cc2)cc1. The Morgan fingerprint density at radius 2 is 1.49 bits per heavy atom. The van der Waals surface area contributed by atoms with E-state index < -0.39 is 11.9 Å². The standard InChI is InChI=1S/C30H28N2O5/c1-2-32-20-27(24-10-12-25(13-11-24)30(35)36)31-28(32)18-7-21-5-8-22(9-6-21)23-14-16-26(17-15-23)37-19-3-4-29(33)34/h5-18,20H,2-4,19H2,1H3,(H,33,34)(H,35,36). The monoisotopic (exact) mass is 496 g/mol.